The molecular weight excluding hydrogens is 268 g/mol. The van der Waals surface area contributed by atoms with Gasteiger partial charge in [-0.25, -0.2) is 0 Å². The van der Waals surface area contributed by atoms with Crippen molar-refractivity contribution < 1.29 is 33.3 Å². The molecule has 0 rings (SSSR count). The largest absolute Gasteiger partial charge is 0.459 e. The smallest absolute Gasteiger partial charge is 0.303 e. The average Bonchev–Trinajstić information content (AvgIpc) is 2.30. The van der Waals surface area contributed by atoms with Crippen LogP contribution >= 0.6 is 0 Å². The molecule has 0 spiro atoms. The number of rotatable bonds is 7. The summed E-state index contributed by atoms with van der Waals surface area (Å²) in [5.74, 6) is -1.65. The third-order valence-corrected chi connectivity index (χ3v) is 2.58. The van der Waals surface area contributed by atoms with Gasteiger partial charge in [0.2, 0.25) is 0 Å². The topological polar surface area (TPSA) is 88.1 Å². The zero-order valence-corrected chi connectivity index (χ0v) is 12.7. The van der Waals surface area contributed by atoms with Crippen LogP contribution in [0.25, 0.3) is 0 Å². The normalized spacial score (nSPS) is 16.5. The predicted octanol–water partition coefficient (Wildman–Crippen LogP) is 0.836. The van der Waals surface area contributed by atoms with Crippen molar-refractivity contribution in [2.24, 2.45) is 0 Å². The SMILES string of the molecule is COC(C)C(OC(C)=O)C(OC(C)=O)C(C)OC(C)=O. The quantitative estimate of drug-likeness (QED) is 0.507. The fraction of sp³-hybridized carbons (Fsp3) is 0.769. The summed E-state index contributed by atoms with van der Waals surface area (Å²) in [7, 11) is 1.43. The number of hydrogen-bond donors (Lipinski definition) is 0. The number of esters is 3. The summed E-state index contributed by atoms with van der Waals surface area (Å²) in [6.07, 6.45) is -3.15. The van der Waals surface area contributed by atoms with Gasteiger partial charge in [-0.05, 0) is 13.8 Å². The third kappa shape index (κ3) is 6.51. The Morgan fingerprint density at radius 1 is 0.700 bits per heavy atom. The second kappa shape index (κ2) is 8.52. The third-order valence-electron chi connectivity index (χ3n) is 2.58. The highest BCUT2D eigenvalue weighted by Gasteiger charge is 2.38. The number of methoxy groups -OCH3 is 1. The molecule has 0 amide bonds. The van der Waals surface area contributed by atoms with E-state index in [1.165, 1.54) is 27.9 Å². The molecule has 0 radical (unpaired) electrons. The Morgan fingerprint density at radius 3 is 1.35 bits per heavy atom. The van der Waals surface area contributed by atoms with Gasteiger partial charge in [-0.1, -0.05) is 0 Å². The van der Waals surface area contributed by atoms with E-state index >= 15 is 0 Å². The Kier molecular flexibility index (Phi) is 7.83. The minimum Gasteiger partial charge on any atom is -0.459 e. The van der Waals surface area contributed by atoms with Crippen LogP contribution in [-0.4, -0.2) is 49.4 Å². The first kappa shape index (κ1) is 18.4. The van der Waals surface area contributed by atoms with Crippen molar-refractivity contribution in [1.29, 1.82) is 0 Å². The summed E-state index contributed by atoms with van der Waals surface area (Å²) < 4.78 is 20.4. The lowest BCUT2D eigenvalue weighted by Gasteiger charge is -2.32. The van der Waals surface area contributed by atoms with Crippen LogP contribution in [0.3, 0.4) is 0 Å². The Balaban J connectivity index is 5.22. The minimum absolute atomic E-state index is 0.527. The molecule has 0 aromatic carbocycles. The van der Waals surface area contributed by atoms with Gasteiger partial charge in [0.25, 0.3) is 0 Å². The fourth-order valence-electron chi connectivity index (χ4n) is 1.71. The Labute approximate surface area is 118 Å². The summed E-state index contributed by atoms with van der Waals surface area (Å²) in [5.41, 5.74) is 0. The van der Waals surface area contributed by atoms with Gasteiger partial charge in [-0.15, -0.1) is 0 Å². The zero-order chi connectivity index (χ0) is 15.9. The molecule has 4 atom stereocenters. The standard InChI is InChI=1S/C13H22O7/c1-7(17-6)12(19-10(4)15)13(20-11(5)16)8(2)18-9(3)14/h7-8,12-13H,1-6H3. The van der Waals surface area contributed by atoms with Crippen molar-refractivity contribution >= 4 is 17.9 Å². The van der Waals surface area contributed by atoms with Gasteiger partial charge in [-0.2, -0.15) is 0 Å². The molecular formula is C13H22O7. The molecule has 0 saturated heterocycles. The Hall–Kier alpha value is -1.63. The van der Waals surface area contributed by atoms with E-state index in [1.807, 2.05) is 0 Å². The molecule has 4 unspecified atom stereocenters. The van der Waals surface area contributed by atoms with E-state index in [1.54, 1.807) is 13.8 Å². The average molecular weight is 290 g/mol. The Bertz CT molecular complexity index is 353. The minimum atomic E-state index is -0.949. The van der Waals surface area contributed by atoms with Gasteiger partial charge >= 0.3 is 17.9 Å². The van der Waals surface area contributed by atoms with Crippen LogP contribution in [0, 0.1) is 0 Å². The van der Waals surface area contributed by atoms with Crippen molar-refractivity contribution in [3.8, 4) is 0 Å². The molecule has 0 aromatic rings. The molecule has 7 heteroatoms. The highest BCUT2D eigenvalue weighted by molar-refractivity contribution is 5.68. The molecule has 0 aliphatic rings. The first-order chi connectivity index (χ1) is 9.18. The lowest BCUT2D eigenvalue weighted by atomic mass is 10.0. The van der Waals surface area contributed by atoms with Crippen molar-refractivity contribution in [2.45, 2.75) is 59.0 Å². The highest BCUT2D eigenvalue weighted by atomic mass is 16.6. The van der Waals surface area contributed by atoms with E-state index in [2.05, 4.69) is 0 Å². The van der Waals surface area contributed by atoms with E-state index in [4.69, 9.17) is 18.9 Å². The van der Waals surface area contributed by atoms with Gasteiger partial charge in [0.05, 0.1) is 6.10 Å². The molecule has 0 aromatic heterocycles. The predicted molar refractivity (Wildman–Crippen MR) is 68.8 cm³/mol. The van der Waals surface area contributed by atoms with Crippen LogP contribution in [-0.2, 0) is 33.3 Å². The first-order valence-corrected chi connectivity index (χ1v) is 6.23. The summed E-state index contributed by atoms with van der Waals surface area (Å²) in [5, 5.41) is 0. The molecule has 0 aliphatic carbocycles. The van der Waals surface area contributed by atoms with E-state index in [-0.39, 0.29) is 0 Å². The molecule has 116 valence electrons. The van der Waals surface area contributed by atoms with E-state index in [0.29, 0.717) is 0 Å². The molecule has 0 bridgehead atoms. The number of hydrogen-bond acceptors (Lipinski definition) is 7. The number of ether oxygens (including phenoxy) is 4. The van der Waals surface area contributed by atoms with Gasteiger partial charge in [0, 0.05) is 27.9 Å². The van der Waals surface area contributed by atoms with E-state index in [9.17, 15) is 14.4 Å². The summed E-state index contributed by atoms with van der Waals surface area (Å²) in [4.78, 5) is 33.4. The van der Waals surface area contributed by atoms with Crippen LogP contribution in [0.1, 0.15) is 34.6 Å². The molecule has 0 heterocycles. The van der Waals surface area contributed by atoms with Gasteiger partial charge in [-0.3, -0.25) is 14.4 Å². The highest BCUT2D eigenvalue weighted by Crippen LogP contribution is 2.18. The van der Waals surface area contributed by atoms with Crippen molar-refractivity contribution in [1.82, 2.24) is 0 Å². The second-order valence-corrected chi connectivity index (χ2v) is 4.40. The van der Waals surface area contributed by atoms with Crippen LogP contribution in [0.5, 0.6) is 0 Å². The van der Waals surface area contributed by atoms with Gasteiger partial charge < -0.3 is 18.9 Å². The fourth-order valence-corrected chi connectivity index (χ4v) is 1.71. The second-order valence-electron chi connectivity index (χ2n) is 4.40. The lowest BCUT2D eigenvalue weighted by Crippen LogP contribution is -2.49. The monoisotopic (exact) mass is 290 g/mol. The molecule has 20 heavy (non-hydrogen) atoms. The van der Waals surface area contributed by atoms with Crippen molar-refractivity contribution in [2.75, 3.05) is 7.11 Å². The molecule has 7 nitrogen and oxygen atoms in total. The maximum atomic E-state index is 11.2. The van der Waals surface area contributed by atoms with Gasteiger partial charge in [0.15, 0.2) is 12.2 Å². The summed E-state index contributed by atoms with van der Waals surface area (Å²) in [6.45, 7) is 6.90. The maximum Gasteiger partial charge on any atom is 0.303 e. The summed E-state index contributed by atoms with van der Waals surface area (Å²) >= 11 is 0. The molecule has 0 N–H and O–H groups in total. The van der Waals surface area contributed by atoms with Crippen LogP contribution in [0.15, 0.2) is 0 Å². The van der Waals surface area contributed by atoms with Crippen LogP contribution in [0.2, 0.25) is 0 Å². The maximum absolute atomic E-state index is 11.2. The lowest BCUT2D eigenvalue weighted by molar-refractivity contribution is -0.191. The van der Waals surface area contributed by atoms with Crippen molar-refractivity contribution in [3.63, 3.8) is 0 Å². The summed E-state index contributed by atoms with van der Waals surface area (Å²) in [6, 6.07) is 0. The van der Waals surface area contributed by atoms with Crippen LogP contribution < -0.4 is 0 Å². The number of carbonyl (C=O) groups excluding carboxylic acids is 3. The van der Waals surface area contributed by atoms with Crippen LogP contribution in [0.4, 0.5) is 0 Å². The van der Waals surface area contributed by atoms with E-state index < -0.39 is 42.3 Å². The number of carbonyl (C=O) groups is 3. The molecule has 0 saturated carbocycles. The first-order valence-electron chi connectivity index (χ1n) is 6.23. The molecule has 0 aliphatic heterocycles. The Morgan fingerprint density at radius 2 is 1.05 bits per heavy atom. The zero-order valence-electron chi connectivity index (χ0n) is 12.7. The molecule has 0 fully saturated rings. The van der Waals surface area contributed by atoms with Crippen molar-refractivity contribution in [3.05, 3.63) is 0 Å². The van der Waals surface area contributed by atoms with Gasteiger partial charge in [0.1, 0.15) is 6.10 Å². The van der Waals surface area contributed by atoms with E-state index in [0.717, 1.165) is 0 Å².